The van der Waals surface area contributed by atoms with Gasteiger partial charge in [-0.2, -0.15) is 0 Å². The molecule has 1 aromatic carbocycles. The van der Waals surface area contributed by atoms with Crippen LogP contribution in [-0.2, 0) is 20.7 Å². The maximum atomic E-state index is 12.7. The summed E-state index contributed by atoms with van der Waals surface area (Å²) in [6, 6.07) is 6.76. The Balaban J connectivity index is 2.54. The van der Waals surface area contributed by atoms with Crippen LogP contribution < -0.4 is 4.74 Å². The van der Waals surface area contributed by atoms with Gasteiger partial charge >= 0.3 is 5.97 Å². The van der Waals surface area contributed by atoms with Crippen molar-refractivity contribution in [1.82, 2.24) is 4.90 Å². The zero-order chi connectivity index (χ0) is 25.3. The van der Waals surface area contributed by atoms with Gasteiger partial charge in [0.15, 0.2) is 0 Å². The van der Waals surface area contributed by atoms with Crippen LogP contribution in [0.25, 0.3) is 0 Å². The van der Waals surface area contributed by atoms with Crippen LogP contribution in [0.3, 0.4) is 0 Å². The Kier molecular flexibility index (Phi) is 14.5. The molecule has 6 heteroatoms. The van der Waals surface area contributed by atoms with Crippen LogP contribution in [-0.4, -0.2) is 44.1 Å². The molecule has 0 aliphatic carbocycles. The first-order chi connectivity index (χ1) is 16.4. The lowest BCUT2D eigenvalue weighted by molar-refractivity contribution is -0.151. The minimum atomic E-state index is -0.677. The average Bonchev–Trinajstić information content (AvgIpc) is 2.86. The Morgan fingerprint density at radius 2 is 1.88 bits per heavy atom. The third kappa shape index (κ3) is 10.9. The van der Waals surface area contributed by atoms with Crippen molar-refractivity contribution in [3.63, 3.8) is 0 Å². The zero-order valence-electron chi connectivity index (χ0n) is 20.9. The standard InChI is InChI=1S/C28H38ClNO4/c1-6-7-8-12-24(21-29)15-14-22(2)11-9-10-13-27(31)30(3)26(28(32)34-5)20-23-16-18-25(33-4)19-17-23/h1,9,11,16-19,21-22,26H,7-8,10,12-15,20H2,2-5H3. The van der Waals surface area contributed by atoms with Gasteiger partial charge in [-0.25, -0.2) is 4.79 Å². The number of carbonyl (C=O) groups excluding carboxylic acids is 2. The molecule has 5 nitrogen and oxygen atoms in total. The van der Waals surface area contributed by atoms with Crippen molar-refractivity contribution in [1.29, 1.82) is 0 Å². The van der Waals surface area contributed by atoms with E-state index in [2.05, 4.69) is 18.9 Å². The molecule has 0 aliphatic rings. The number of nitrogens with zero attached hydrogens (tertiary/aromatic N) is 1. The van der Waals surface area contributed by atoms with Gasteiger partial charge in [0.25, 0.3) is 0 Å². The van der Waals surface area contributed by atoms with Gasteiger partial charge in [-0.3, -0.25) is 4.79 Å². The molecular weight excluding hydrogens is 450 g/mol. The van der Waals surface area contributed by atoms with E-state index in [0.29, 0.717) is 25.2 Å². The second-order valence-electron chi connectivity index (χ2n) is 8.40. The second kappa shape index (κ2) is 16.8. The van der Waals surface area contributed by atoms with Crippen molar-refractivity contribution in [2.45, 2.75) is 64.3 Å². The van der Waals surface area contributed by atoms with Crippen LogP contribution in [0.1, 0.15) is 57.4 Å². The zero-order valence-corrected chi connectivity index (χ0v) is 21.6. The van der Waals surface area contributed by atoms with Crippen molar-refractivity contribution >= 4 is 23.5 Å². The minimum Gasteiger partial charge on any atom is -0.497 e. The van der Waals surface area contributed by atoms with Crippen molar-refractivity contribution in [2.75, 3.05) is 21.3 Å². The van der Waals surface area contributed by atoms with E-state index in [0.717, 1.165) is 43.4 Å². The van der Waals surface area contributed by atoms with Crippen LogP contribution in [0.5, 0.6) is 5.75 Å². The molecule has 0 bridgehead atoms. The monoisotopic (exact) mass is 487 g/mol. The number of hydrogen-bond acceptors (Lipinski definition) is 4. The molecule has 0 saturated carbocycles. The number of amides is 1. The van der Waals surface area contributed by atoms with Crippen LogP contribution in [0.15, 0.2) is 47.5 Å². The molecule has 0 heterocycles. The number of methoxy groups -OCH3 is 2. The fraction of sp³-hybridized carbons (Fsp3) is 0.500. The highest BCUT2D eigenvalue weighted by Gasteiger charge is 2.27. The third-order valence-corrected chi connectivity index (χ3v) is 6.11. The van der Waals surface area contributed by atoms with Crippen molar-refractivity contribution in [3.8, 4) is 18.1 Å². The van der Waals surface area contributed by atoms with E-state index < -0.39 is 12.0 Å². The number of allylic oxidation sites excluding steroid dienone is 3. The molecule has 2 atom stereocenters. The first-order valence-electron chi connectivity index (χ1n) is 11.7. The molecule has 0 radical (unpaired) electrons. The predicted molar refractivity (Wildman–Crippen MR) is 139 cm³/mol. The molecular formula is C28H38ClNO4. The number of benzene rings is 1. The van der Waals surface area contributed by atoms with E-state index in [1.807, 2.05) is 30.3 Å². The molecule has 0 aromatic heterocycles. The maximum absolute atomic E-state index is 12.7. The normalized spacial score (nSPS) is 13.2. The molecule has 0 spiro atoms. The highest BCUT2D eigenvalue weighted by atomic mass is 35.5. The Morgan fingerprint density at radius 3 is 2.47 bits per heavy atom. The Bertz CT molecular complexity index is 854. The van der Waals surface area contributed by atoms with Crippen molar-refractivity contribution in [2.24, 2.45) is 5.92 Å². The van der Waals surface area contributed by atoms with E-state index in [-0.39, 0.29) is 5.91 Å². The van der Waals surface area contributed by atoms with E-state index in [1.54, 1.807) is 19.7 Å². The minimum absolute atomic E-state index is 0.0953. The van der Waals surface area contributed by atoms with E-state index in [1.165, 1.54) is 17.6 Å². The number of halogens is 1. The summed E-state index contributed by atoms with van der Waals surface area (Å²) in [7, 11) is 4.59. The lowest BCUT2D eigenvalue weighted by Crippen LogP contribution is -2.44. The largest absolute Gasteiger partial charge is 0.497 e. The molecule has 0 N–H and O–H groups in total. The highest BCUT2D eigenvalue weighted by Crippen LogP contribution is 2.20. The van der Waals surface area contributed by atoms with Gasteiger partial charge in [0.1, 0.15) is 11.8 Å². The van der Waals surface area contributed by atoms with E-state index in [9.17, 15) is 9.59 Å². The summed E-state index contributed by atoms with van der Waals surface area (Å²) in [6.45, 7) is 2.15. The summed E-state index contributed by atoms with van der Waals surface area (Å²) < 4.78 is 10.1. The first-order valence-corrected chi connectivity index (χ1v) is 12.1. The molecule has 0 fully saturated rings. The van der Waals surface area contributed by atoms with Crippen molar-refractivity contribution in [3.05, 3.63) is 53.1 Å². The highest BCUT2D eigenvalue weighted by molar-refractivity contribution is 6.25. The molecule has 186 valence electrons. The second-order valence-corrected chi connectivity index (χ2v) is 8.62. The lowest BCUT2D eigenvalue weighted by Gasteiger charge is -2.26. The Morgan fingerprint density at radius 1 is 1.18 bits per heavy atom. The number of rotatable bonds is 15. The molecule has 34 heavy (non-hydrogen) atoms. The molecule has 2 unspecified atom stereocenters. The number of likely N-dealkylation sites (N-methyl/N-ethyl adjacent to an activating group) is 1. The van der Waals surface area contributed by atoms with Gasteiger partial charge < -0.3 is 14.4 Å². The predicted octanol–water partition coefficient (Wildman–Crippen LogP) is 5.92. The summed E-state index contributed by atoms with van der Waals surface area (Å²) in [4.78, 5) is 26.6. The molecule has 1 amide bonds. The SMILES string of the molecule is C#CCCCC(=CCl)CCC(C)C=CCCC(=O)N(C)C(Cc1ccc(OC)cc1)C(=O)OC. The van der Waals surface area contributed by atoms with E-state index >= 15 is 0 Å². The Labute approximate surface area is 210 Å². The first kappa shape index (κ1) is 29.3. The lowest BCUT2D eigenvalue weighted by atomic mass is 9.98. The topological polar surface area (TPSA) is 55.8 Å². The smallest absolute Gasteiger partial charge is 0.328 e. The van der Waals surface area contributed by atoms with Crippen LogP contribution in [0.2, 0.25) is 0 Å². The number of esters is 1. The van der Waals surface area contributed by atoms with Gasteiger partial charge in [0.2, 0.25) is 5.91 Å². The molecule has 0 saturated heterocycles. The summed E-state index contributed by atoms with van der Waals surface area (Å²) in [5.74, 6) is 3.25. The van der Waals surface area contributed by atoms with Gasteiger partial charge in [0.05, 0.1) is 14.2 Å². The quantitative estimate of drug-likeness (QED) is 0.133. The summed E-state index contributed by atoms with van der Waals surface area (Å²) in [6.07, 6.45) is 15.4. The van der Waals surface area contributed by atoms with Crippen LogP contribution in [0.4, 0.5) is 0 Å². The van der Waals surface area contributed by atoms with Crippen molar-refractivity contribution < 1.29 is 19.1 Å². The van der Waals surface area contributed by atoms with Crippen LogP contribution >= 0.6 is 11.6 Å². The number of hydrogen-bond donors (Lipinski definition) is 0. The fourth-order valence-corrected chi connectivity index (χ4v) is 3.76. The molecule has 0 aliphatic heterocycles. The summed E-state index contributed by atoms with van der Waals surface area (Å²) >= 11 is 5.93. The maximum Gasteiger partial charge on any atom is 0.328 e. The number of unbranched alkanes of at least 4 members (excludes halogenated alkanes) is 1. The Hall–Kier alpha value is -2.71. The number of terminal acetylenes is 1. The molecule has 1 rings (SSSR count). The number of carbonyl (C=O) groups is 2. The molecule has 1 aromatic rings. The summed E-state index contributed by atoms with van der Waals surface area (Å²) in [5.41, 5.74) is 3.82. The third-order valence-electron chi connectivity index (χ3n) is 5.81. The summed E-state index contributed by atoms with van der Waals surface area (Å²) in [5, 5.41) is 0. The van der Waals surface area contributed by atoms with Gasteiger partial charge in [-0.05, 0) is 55.7 Å². The fourth-order valence-electron chi connectivity index (χ4n) is 3.55. The van der Waals surface area contributed by atoms with E-state index in [4.69, 9.17) is 27.5 Å². The average molecular weight is 488 g/mol. The van der Waals surface area contributed by atoms with Gasteiger partial charge in [-0.15, -0.1) is 12.3 Å². The number of ether oxygens (including phenoxy) is 2. The van der Waals surface area contributed by atoms with Gasteiger partial charge in [-0.1, -0.05) is 48.4 Å². The van der Waals surface area contributed by atoms with Gasteiger partial charge in [0, 0.05) is 31.8 Å². The van der Waals surface area contributed by atoms with Crippen LogP contribution in [0, 0.1) is 18.3 Å².